The zero-order chi connectivity index (χ0) is 13.9. The first-order valence-electron chi connectivity index (χ1n) is 7.00. The summed E-state index contributed by atoms with van der Waals surface area (Å²) in [6.45, 7) is 4.55. The van der Waals surface area contributed by atoms with E-state index in [1.807, 2.05) is 23.9 Å². The predicted molar refractivity (Wildman–Crippen MR) is 81.2 cm³/mol. The molecular formula is C14H20N4OS. The number of thiazole rings is 1. The number of ether oxygens (including phenoxy) is 1. The SMILES string of the molecule is COCCn1ccc(-c2sc(NCC3CC3)nc2C)n1. The quantitative estimate of drug-likeness (QED) is 0.852. The molecule has 0 unspecified atom stereocenters. The number of aromatic nitrogens is 3. The molecule has 6 heteroatoms. The molecular weight excluding hydrogens is 272 g/mol. The first kappa shape index (κ1) is 13.6. The van der Waals surface area contributed by atoms with Gasteiger partial charge >= 0.3 is 0 Å². The lowest BCUT2D eigenvalue weighted by Crippen LogP contribution is -2.04. The molecule has 0 radical (unpaired) electrons. The number of nitrogens with zero attached hydrogens (tertiary/aromatic N) is 3. The van der Waals surface area contributed by atoms with Gasteiger partial charge in [-0.3, -0.25) is 4.68 Å². The molecule has 0 amide bonds. The second-order valence-corrected chi connectivity index (χ2v) is 6.21. The van der Waals surface area contributed by atoms with Crippen molar-refractivity contribution in [3.63, 3.8) is 0 Å². The molecule has 0 spiro atoms. The molecule has 1 aliphatic rings. The Morgan fingerprint density at radius 1 is 1.50 bits per heavy atom. The molecule has 108 valence electrons. The Labute approximate surface area is 123 Å². The second kappa shape index (κ2) is 5.93. The minimum absolute atomic E-state index is 0.678. The molecule has 20 heavy (non-hydrogen) atoms. The maximum Gasteiger partial charge on any atom is 0.183 e. The van der Waals surface area contributed by atoms with E-state index in [-0.39, 0.29) is 0 Å². The van der Waals surface area contributed by atoms with Crippen LogP contribution < -0.4 is 5.32 Å². The highest BCUT2D eigenvalue weighted by atomic mass is 32.1. The van der Waals surface area contributed by atoms with Gasteiger partial charge in [-0.15, -0.1) is 0 Å². The fourth-order valence-corrected chi connectivity index (χ4v) is 2.99. The molecule has 5 nitrogen and oxygen atoms in total. The van der Waals surface area contributed by atoms with Crippen LogP contribution in [-0.2, 0) is 11.3 Å². The van der Waals surface area contributed by atoms with Gasteiger partial charge in [0.1, 0.15) is 5.69 Å². The van der Waals surface area contributed by atoms with Gasteiger partial charge in [0.25, 0.3) is 0 Å². The van der Waals surface area contributed by atoms with Crippen LogP contribution in [0.15, 0.2) is 12.3 Å². The van der Waals surface area contributed by atoms with Crippen LogP contribution in [0.1, 0.15) is 18.5 Å². The third-order valence-corrected chi connectivity index (χ3v) is 4.57. The Morgan fingerprint density at radius 2 is 2.35 bits per heavy atom. The molecule has 2 heterocycles. The summed E-state index contributed by atoms with van der Waals surface area (Å²) in [5.41, 5.74) is 2.04. The minimum atomic E-state index is 0.678. The molecule has 1 aliphatic carbocycles. The van der Waals surface area contributed by atoms with Crippen molar-refractivity contribution in [3.8, 4) is 10.6 Å². The summed E-state index contributed by atoms with van der Waals surface area (Å²) in [6.07, 6.45) is 4.70. The summed E-state index contributed by atoms with van der Waals surface area (Å²) < 4.78 is 6.98. The van der Waals surface area contributed by atoms with E-state index in [9.17, 15) is 0 Å². The number of anilines is 1. The maximum absolute atomic E-state index is 5.07. The smallest absolute Gasteiger partial charge is 0.183 e. The summed E-state index contributed by atoms with van der Waals surface area (Å²) in [4.78, 5) is 5.74. The average molecular weight is 292 g/mol. The van der Waals surface area contributed by atoms with Gasteiger partial charge in [0.15, 0.2) is 5.13 Å². The van der Waals surface area contributed by atoms with Crippen LogP contribution in [0.4, 0.5) is 5.13 Å². The van der Waals surface area contributed by atoms with Crippen molar-refractivity contribution in [2.75, 3.05) is 25.6 Å². The van der Waals surface area contributed by atoms with E-state index in [0.29, 0.717) is 6.61 Å². The van der Waals surface area contributed by atoms with Gasteiger partial charge in [0.05, 0.1) is 23.7 Å². The predicted octanol–water partition coefficient (Wildman–Crippen LogP) is 2.78. The zero-order valence-electron chi connectivity index (χ0n) is 11.9. The lowest BCUT2D eigenvalue weighted by Gasteiger charge is -1.99. The summed E-state index contributed by atoms with van der Waals surface area (Å²) in [5, 5.41) is 9.02. The van der Waals surface area contributed by atoms with E-state index in [2.05, 4.69) is 15.4 Å². The van der Waals surface area contributed by atoms with Gasteiger partial charge in [-0.2, -0.15) is 5.10 Å². The van der Waals surface area contributed by atoms with Crippen molar-refractivity contribution in [2.45, 2.75) is 26.3 Å². The normalized spacial score (nSPS) is 14.7. The van der Waals surface area contributed by atoms with Crippen molar-refractivity contribution >= 4 is 16.5 Å². The van der Waals surface area contributed by atoms with E-state index in [0.717, 1.165) is 40.4 Å². The topological polar surface area (TPSA) is 52.0 Å². The van der Waals surface area contributed by atoms with Crippen LogP contribution in [-0.4, -0.2) is 35.0 Å². The highest BCUT2D eigenvalue weighted by Crippen LogP contribution is 2.33. The number of hydrogen-bond donors (Lipinski definition) is 1. The number of methoxy groups -OCH3 is 1. The largest absolute Gasteiger partial charge is 0.383 e. The Balaban J connectivity index is 1.69. The number of hydrogen-bond acceptors (Lipinski definition) is 5. The molecule has 1 fully saturated rings. The monoisotopic (exact) mass is 292 g/mol. The Kier molecular flexibility index (Phi) is 4.03. The van der Waals surface area contributed by atoms with Crippen molar-refractivity contribution in [1.82, 2.24) is 14.8 Å². The number of rotatable bonds is 7. The van der Waals surface area contributed by atoms with Crippen LogP contribution >= 0.6 is 11.3 Å². The lowest BCUT2D eigenvalue weighted by molar-refractivity contribution is 0.183. The van der Waals surface area contributed by atoms with Gasteiger partial charge in [-0.05, 0) is 31.7 Å². The molecule has 0 saturated heterocycles. The highest BCUT2D eigenvalue weighted by Gasteiger charge is 2.21. The van der Waals surface area contributed by atoms with Crippen molar-refractivity contribution in [2.24, 2.45) is 5.92 Å². The van der Waals surface area contributed by atoms with Gasteiger partial charge < -0.3 is 10.1 Å². The van der Waals surface area contributed by atoms with E-state index >= 15 is 0 Å². The Morgan fingerprint density at radius 3 is 3.10 bits per heavy atom. The maximum atomic E-state index is 5.07. The first-order chi connectivity index (χ1) is 9.76. The molecule has 0 aliphatic heterocycles. The molecule has 0 bridgehead atoms. The van der Waals surface area contributed by atoms with Crippen molar-refractivity contribution < 1.29 is 4.74 Å². The second-order valence-electron chi connectivity index (χ2n) is 5.21. The summed E-state index contributed by atoms with van der Waals surface area (Å²) in [6, 6.07) is 2.04. The molecule has 2 aromatic heterocycles. The number of nitrogens with one attached hydrogen (secondary N) is 1. The van der Waals surface area contributed by atoms with E-state index in [1.165, 1.54) is 12.8 Å². The van der Waals surface area contributed by atoms with Crippen LogP contribution in [0.3, 0.4) is 0 Å². The lowest BCUT2D eigenvalue weighted by atomic mass is 10.3. The number of aryl methyl sites for hydroxylation is 1. The van der Waals surface area contributed by atoms with Crippen LogP contribution in [0.25, 0.3) is 10.6 Å². The molecule has 3 rings (SSSR count). The standard InChI is InChI=1S/C14H20N4OS/c1-10-13(12-5-6-18(17-12)7-8-19-2)20-14(16-10)15-9-11-3-4-11/h5-6,11H,3-4,7-9H2,1-2H3,(H,15,16). The highest BCUT2D eigenvalue weighted by molar-refractivity contribution is 7.19. The van der Waals surface area contributed by atoms with Crippen molar-refractivity contribution in [1.29, 1.82) is 0 Å². The van der Waals surface area contributed by atoms with E-state index in [1.54, 1.807) is 18.4 Å². The minimum Gasteiger partial charge on any atom is -0.383 e. The van der Waals surface area contributed by atoms with E-state index in [4.69, 9.17) is 4.74 Å². The summed E-state index contributed by atoms with van der Waals surface area (Å²) in [5.74, 6) is 0.857. The summed E-state index contributed by atoms with van der Waals surface area (Å²) >= 11 is 1.69. The molecule has 0 aromatic carbocycles. The van der Waals surface area contributed by atoms with E-state index < -0.39 is 0 Å². The van der Waals surface area contributed by atoms with Gasteiger partial charge in [0, 0.05) is 19.9 Å². The van der Waals surface area contributed by atoms with Crippen LogP contribution in [0, 0.1) is 12.8 Å². The third kappa shape index (κ3) is 3.19. The molecule has 1 saturated carbocycles. The van der Waals surface area contributed by atoms with Gasteiger partial charge in [-0.1, -0.05) is 11.3 Å². The van der Waals surface area contributed by atoms with Gasteiger partial charge in [-0.25, -0.2) is 4.98 Å². The Bertz CT molecular complexity index is 573. The fourth-order valence-electron chi connectivity index (χ4n) is 2.06. The van der Waals surface area contributed by atoms with Gasteiger partial charge in [0.2, 0.25) is 0 Å². The third-order valence-electron chi connectivity index (χ3n) is 3.43. The molecule has 0 atom stereocenters. The van der Waals surface area contributed by atoms with Crippen LogP contribution in [0.5, 0.6) is 0 Å². The van der Waals surface area contributed by atoms with Crippen LogP contribution in [0.2, 0.25) is 0 Å². The fraction of sp³-hybridized carbons (Fsp3) is 0.571. The van der Waals surface area contributed by atoms with Crippen molar-refractivity contribution in [3.05, 3.63) is 18.0 Å². The first-order valence-corrected chi connectivity index (χ1v) is 7.82. The Hall–Kier alpha value is -1.40. The summed E-state index contributed by atoms with van der Waals surface area (Å²) in [7, 11) is 1.70. The molecule has 2 aromatic rings. The molecule has 1 N–H and O–H groups in total. The zero-order valence-corrected chi connectivity index (χ0v) is 12.7. The average Bonchev–Trinajstić information content (AvgIpc) is 3.03.